The summed E-state index contributed by atoms with van der Waals surface area (Å²) in [7, 11) is 4.51. The van der Waals surface area contributed by atoms with E-state index in [4.69, 9.17) is 37.4 Å². The van der Waals surface area contributed by atoms with Crippen molar-refractivity contribution in [3.05, 3.63) is 51.5 Å². The summed E-state index contributed by atoms with van der Waals surface area (Å²) in [6.07, 6.45) is 1.43. The zero-order valence-electron chi connectivity index (χ0n) is 18.4. The number of rotatable bonds is 9. The fourth-order valence-electron chi connectivity index (χ4n) is 2.81. The van der Waals surface area contributed by atoms with E-state index in [0.29, 0.717) is 33.4 Å². The fourth-order valence-corrected chi connectivity index (χ4v) is 3.11. The molecule has 0 saturated heterocycles. The third kappa shape index (κ3) is 6.27. The van der Waals surface area contributed by atoms with Gasteiger partial charge in [0.05, 0.1) is 37.6 Å². The first-order valence-corrected chi connectivity index (χ1v) is 10.4. The minimum atomic E-state index is -0.825. The molecular formula is C22H25Cl2N3O5. The SMILES string of the molecule is COc1cc(/C=N\NC(=O)C(NC(=O)c2ccc(Cl)c(Cl)c2)C(C)C)cc(OC)c1OC. The normalized spacial score (nSPS) is 11.9. The molecule has 2 N–H and O–H groups in total. The zero-order valence-corrected chi connectivity index (χ0v) is 19.9. The van der Waals surface area contributed by atoms with E-state index in [2.05, 4.69) is 15.8 Å². The lowest BCUT2D eigenvalue weighted by Gasteiger charge is -2.20. The van der Waals surface area contributed by atoms with Crippen molar-refractivity contribution < 1.29 is 23.8 Å². The zero-order chi connectivity index (χ0) is 23.8. The highest BCUT2D eigenvalue weighted by Gasteiger charge is 2.25. The van der Waals surface area contributed by atoms with Crippen LogP contribution in [0.2, 0.25) is 10.0 Å². The van der Waals surface area contributed by atoms with Crippen molar-refractivity contribution in [3.63, 3.8) is 0 Å². The molecule has 2 aromatic rings. The fraction of sp³-hybridized carbons (Fsp3) is 0.318. The molecule has 2 aromatic carbocycles. The lowest BCUT2D eigenvalue weighted by Crippen LogP contribution is -2.48. The van der Waals surface area contributed by atoms with Crippen molar-refractivity contribution in [2.45, 2.75) is 19.9 Å². The number of hydrogen-bond donors (Lipinski definition) is 2. The number of carbonyl (C=O) groups is 2. The van der Waals surface area contributed by atoms with Crippen LogP contribution in [0.15, 0.2) is 35.4 Å². The predicted octanol–water partition coefficient (Wildman–Crippen LogP) is 3.92. The smallest absolute Gasteiger partial charge is 0.262 e. The molecule has 0 radical (unpaired) electrons. The first-order valence-electron chi connectivity index (χ1n) is 9.60. The van der Waals surface area contributed by atoms with Crippen LogP contribution >= 0.6 is 23.2 Å². The lowest BCUT2D eigenvalue weighted by atomic mass is 10.0. The van der Waals surface area contributed by atoms with Gasteiger partial charge in [-0.2, -0.15) is 5.10 Å². The Hall–Kier alpha value is -2.97. The molecule has 2 amide bonds. The van der Waals surface area contributed by atoms with Crippen molar-refractivity contribution in [3.8, 4) is 17.2 Å². The second kappa shape index (κ2) is 11.6. The van der Waals surface area contributed by atoms with Crippen LogP contribution in [-0.2, 0) is 4.79 Å². The first-order chi connectivity index (χ1) is 15.2. The maximum absolute atomic E-state index is 12.7. The van der Waals surface area contributed by atoms with Gasteiger partial charge >= 0.3 is 0 Å². The van der Waals surface area contributed by atoms with Gasteiger partial charge < -0.3 is 19.5 Å². The molecule has 0 heterocycles. The van der Waals surface area contributed by atoms with E-state index in [9.17, 15) is 9.59 Å². The molecule has 10 heteroatoms. The van der Waals surface area contributed by atoms with Crippen molar-refractivity contribution in [2.24, 2.45) is 11.0 Å². The topological polar surface area (TPSA) is 98.2 Å². The molecule has 0 bridgehead atoms. The monoisotopic (exact) mass is 481 g/mol. The second-order valence-corrected chi connectivity index (χ2v) is 7.83. The number of nitrogens with zero attached hydrogens (tertiary/aromatic N) is 1. The molecule has 0 aliphatic rings. The van der Waals surface area contributed by atoms with Crippen molar-refractivity contribution in [1.29, 1.82) is 0 Å². The van der Waals surface area contributed by atoms with E-state index in [-0.39, 0.29) is 10.9 Å². The summed E-state index contributed by atoms with van der Waals surface area (Å²) in [6, 6.07) is 7.03. The largest absolute Gasteiger partial charge is 0.493 e. The Morgan fingerprint density at radius 2 is 1.59 bits per heavy atom. The molecular weight excluding hydrogens is 457 g/mol. The molecule has 172 valence electrons. The van der Waals surface area contributed by atoms with Crippen LogP contribution in [0.5, 0.6) is 17.2 Å². The molecule has 0 spiro atoms. The Kier molecular flexibility index (Phi) is 9.16. The van der Waals surface area contributed by atoms with E-state index in [0.717, 1.165) is 0 Å². The molecule has 2 rings (SSSR count). The van der Waals surface area contributed by atoms with E-state index < -0.39 is 17.9 Å². The van der Waals surface area contributed by atoms with Crippen LogP contribution < -0.4 is 25.0 Å². The van der Waals surface area contributed by atoms with Gasteiger partial charge in [-0.15, -0.1) is 0 Å². The summed E-state index contributed by atoms with van der Waals surface area (Å²) in [5, 5.41) is 7.27. The number of benzene rings is 2. The number of nitrogens with one attached hydrogen (secondary N) is 2. The molecule has 0 fully saturated rings. The Balaban J connectivity index is 2.12. The van der Waals surface area contributed by atoms with Crippen LogP contribution in [0.25, 0.3) is 0 Å². The summed E-state index contributed by atoms with van der Waals surface area (Å²) >= 11 is 11.9. The molecule has 32 heavy (non-hydrogen) atoms. The van der Waals surface area contributed by atoms with Crippen LogP contribution in [0.3, 0.4) is 0 Å². The Morgan fingerprint density at radius 3 is 2.09 bits per heavy atom. The molecule has 0 aromatic heterocycles. The number of halogens is 2. The highest BCUT2D eigenvalue weighted by Crippen LogP contribution is 2.37. The average molecular weight is 482 g/mol. The number of carbonyl (C=O) groups excluding carboxylic acids is 2. The van der Waals surface area contributed by atoms with Gasteiger partial charge in [0.25, 0.3) is 11.8 Å². The van der Waals surface area contributed by atoms with E-state index in [1.807, 2.05) is 13.8 Å². The molecule has 8 nitrogen and oxygen atoms in total. The number of hydrogen-bond acceptors (Lipinski definition) is 6. The molecule has 1 atom stereocenters. The molecule has 0 aliphatic carbocycles. The third-order valence-corrected chi connectivity index (χ3v) is 5.23. The van der Waals surface area contributed by atoms with E-state index in [1.54, 1.807) is 12.1 Å². The number of methoxy groups -OCH3 is 3. The highest BCUT2D eigenvalue weighted by atomic mass is 35.5. The minimum Gasteiger partial charge on any atom is -0.493 e. The predicted molar refractivity (Wildman–Crippen MR) is 124 cm³/mol. The van der Waals surface area contributed by atoms with Crippen LogP contribution in [0.4, 0.5) is 0 Å². The van der Waals surface area contributed by atoms with Gasteiger partial charge in [-0.3, -0.25) is 9.59 Å². The maximum atomic E-state index is 12.7. The van der Waals surface area contributed by atoms with E-state index in [1.165, 1.54) is 45.7 Å². The second-order valence-electron chi connectivity index (χ2n) is 7.02. The van der Waals surface area contributed by atoms with Crippen molar-refractivity contribution in [2.75, 3.05) is 21.3 Å². The third-order valence-electron chi connectivity index (χ3n) is 4.49. The van der Waals surface area contributed by atoms with Crippen molar-refractivity contribution >= 4 is 41.2 Å². The molecule has 1 unspecified atom stereocenters. The molecule has 0 saturated carbocycles. The number of hydrazone groups is 1. The Bertz CT molecular complexity index is 986. The summed E-state index contributed by atoms with van der Waals surface area (Å²) in [5.41, 5.74) is 3.35. The summed E-state index contributed by atoms with van der Waals surface area (Å²) < 4.78 is 15.9. The number of ether oxygens (including phenoxy) is 3. The lowest BCUT2D eigenvalue weighted by molar-refractivity contribution is -0.123. The van der Waals surface area contributed by atoms with Crippen molar-refractivity contribution in [1.82, 2.24) is 10.7 Å². The van der Waals surface area contributed by atoms with Gasteiger partial charge in [0.2, 0.25) is 5.75 Å². The maximum Gasteiger partial charge on any atom is 0.262 e. The van der Waals surface area contributed by atoms with Crippen LogP contribution in [0.1, 0.15) is 29.8 Å². The van der Waals surface area contributed by atoms with E-state index >= 15 is 0 Å². The Labute approximate surface area is 196 Å². The quantitative estimate of drug-likeness (QED) is 0.417. The van der Waals surface area contributed by atoms with Gasteiger partial charge in [0.1, 0.15) is 6.04 Å². The summed E-state index contributed by atoms with van der Waals surface area (Å²) in [5.74, 6) is 0.226. The van der Waals surface area contributed by atoms with Crippen LogP contribution in [0, 0.1) is 5.92 Å². The standard InChI is InChI=1S/C22H25Cl2N3O5/c1-12(2)19(26-21(28)14-6-7-15(23)16(24)10-14)22(29)27-25-11-13-8-17(30-3)20(32-5)18(9-13)31-4/h6-12,19H,1-5H3,(H,26,28)(H,27,29)/b25-11-. The van der Waals surface area contributed by atoms with Gasteiger partial charge in [-0.05, 0) is 36.2 Å². The number of amides is 2. The van der Waals surface area contributed by atoms with Gasteiger partial charge in [0, 0.05) is 11.1 Å². The summed E-state index contributed by atoms with van der Waals surface area (Å²) in [6.45, 7) is 3.62. The van der Waals surface area contributed by atoms with Gasteiger partial charge in [-0.25, -0.2) is 5.43 Å². The molecule has 0 aliphatic heterocycles. The minimum absolute atomic E-state index is 0.196. The van der Waals surface area contributed by atoms with Crippen LogP contribution in [-0.4, -0.2) is 45.4 Å². The highest BCUT2D eigenvalue weighted by molar-refractivity contribution is 6.42. The van der Waals surface area contributed by atoms with Gasteiger partial charge in [-0.1, -0.05) is 37.0 Å². The first kappa shape index (κ1) is 25.3. The summed E-state index contributed by atoms with van der Waals surface area (Å²) in [4.78, 5) is 25.2. The van der Waals surface area contributed by atoms with Gasteiger partial charge in [0.15, 0.2) is 11.5 Å². The Morgan fingerprint density at radius 1 is 0.969 bits per heavy atom. The average Bonchev–Trinajstić information content (AvgIpc) is 2.77.